The minimum atomic E-state index is -0.468. The molecule has 4 rings (SSSR count). The monoisotopic (exact) mass is 424 g/mol. The zero-order chi connectivity index (χ0) is 21.3. The van der Waals surface area contributed by atoms with Crippen LogP contribution in [0, 0.1) is 5.82 Å². The van der Waals surface area contributed by atoms with Crippen molar-refractivity contribution < 1.29 is 13.9 Å². The summed E-state index contributed by atoms with van der Waals surface area (Å²) >= 11 is 6.02. The van der Waals surface area contributed by atoms with Gasteiger partial charge >= 0.3 is 0 Å². The molecule has 0 fully saturated rings. The molecule has 4 aromatic rings. The molecule has 0 aliphatic carbocycles. The second-order valence-electron chi connectivity index (χ2n) is 6.95. The van der Waals surface area contributed by atoms with Gasteiger partial charge in [-0.15, -0.1) is 0 Å². The van der Waals surface area contributed by atoms with E-state index in [1.165, 1.54) is 17.0 Å². The molecule has 1 heterocycles. The number of hydrogen-bond acceptors (Lipinski definition) is 3. The average Bonchev–Trinajstić information content (AvgIpc) is 2.75. The van der Waals surface area contributed by atoms with Gasteiger partial charge in [-0.05, 0) is 42.5 Å². The van der Waals surface area contributed by atoms with Gasteiger partial charge in [0.1, 0.15) is 11.6 Å². The van der Waals surface area contributed by atoms with Crippen LogP contribution < -0.4 is 10.2 Å². The van der Waals surface area contributed by atoms with Crippen LogP contribution in [0.4, 0.5) is 4.39 Å². The van der Waals surface area contributed by atoms with Crippen molar-refractivity contribution in [3.05, 3.63) is 87.3 Å². The second kappa shape index (κ2) is 8.16. The van der Waals surface area contributed by atoms with E-state index >= 15 is 0 Å². The third kappa shape index (κ3) is 3.86. The number of H-pyrrole nitrogens is 1. The third-order valence-corrected chi connectivity index (χ3v) is 5.28. The van der Waals surface area contributed by atoms with Gasteiger partial charge in [-0.1, -0.05) is 29.8 Å². The Kier molecular flexibility index (Phi) is 5.42. The molecule has 0 saturated heterocycles. The second-order valence-corrected chi connectivity index (χ2v) is 7.35. The summed E-state index contributed by atoms with van der Waals surface area (Å²) in [5, 5.41) is 1.32. The molecule has 0 aliphatic rings. The van der Waals surface area contributed by atoms with Crippen LogP contribution in [0.3, 0.4) is 0 Å². The largest absolute Gasteiger partial charge is 0.484 e. The Balaban J connectivity index is 1.50. The van der Waals surface area contributed by atoms with Crippen LogP contribution in [0.5, 0.6) is 5.75 Å². The van der Waals surface area contributed by atoms with E-state index in [9.17, 15) is 14.0 Å². The fraction of sp³-hybridized carbons (Fsp3) is 0.130. The summed E-state index contributed by atoms with van der Waals surface area (Å²) in [6, 6.07) is 16.7. The molecule has 30 heavy (non-hydrogen) atoms. The van der Waals surface area contributed by atoms with Crippen LogP contribution in [0.2, 0.25) is 5.02 Å². The van der Waals surface area contributed by atoms with Crippen LogP contribution in [0.1, 0.15) is 5.56 Å². The quantitative estimate of drug-likeness (QED) is 0.479. The van der Waals surface area contributed by atoms with Gasteiger partial charge < -0.3 is 14.6 Å². The maximum absolute atomic E-state index is 13.9. The minimum absolute atomic E-state index is 0.0249. The van der Waals surface area contributed by atoms with Crippen LogP contribution in [0.15, 0.2) is 65.5 Å². The number of rotatable bonds is 5. The van der Waals surface area contributed by atoms with Crippen molar-refractivity contribution in [1.82, 2.24) is 9.88 Å². The van der Waals surface area contributed by atoms with Crippen LogP contribution in [-0.2, 0) is 11.3 Å². The summed E-state index contributed by atoms with van der Waals surface area (Å²) in [5.74, 6) is -0.417. The van der Waals surface area contributed by atoms with Gasteiger partial charge in [-0.3, -0.25) is 9.59 Å². The number of carbonyl (C=O) groups is 1. The maximum Gasteiger partial charge on any atom is 0.260 e. The molecule has 3 aromatic carbocycles. The van der Waals surface area contributed by atoms with Crippen molar-refractivity contribution >= 4 is 39.3 Å². The standard InChI is InChI=1S/C23H18ClFN2O3/c1-27(12-17-18(24)6-4-7-19(17)25)22(28)13-30-14-9-10-21-16(11-14)23(29)15-5-2-3-8-20(15)26-21/h2-11H,12-13H2,1H3,(H,26,29). The summed E-state index contributed by atoms with van der Waals surface area (Å²) in [5.41, 5.74) is 1.58. The van der Waals surface area contributed by atoms with Crippen LogP contribution >= 0.6 is 11.6 Å². The first-order chi connectivity index (χ1) is 14.4. The molecule has 0 unspecified atom stereocenters. The minimum Gasteiger partial charge on any atom is -0.484 e. The van der Waals surface area contributed by atoms with Crippen LogP contribution in [0.25, 0.3) is 21.8 Å². The average molecular weight is 425 g/mol. The zero-order valence-electron chi connectivity index (χ0n) is 16.1. The Labute approximate surface area is 176 Å². The summed E-state index contributed by atoms with van der Waals surface area (Å²) < 4.78 is 19.5. The van der Waals surface area contributed by atoms with Crippen molar-refractivity contribution in [2.24, 2.45) is 0 Å². The number of carbonyl (C=O) groups excluding carboxylic acids is 1. The number of fused-ring (bicyclic) bond motifs is 2. The van der Waals surface area contributed by atoms with E-state index in [4.69, 9.17) is 16.3 Å². The number of aromatic nitrogens is 1. The third-order valence-electron chi connectivity index (χ3n) is 4.92. The van der Waals surface area contributed by atoms with E-state index in [1.54, 1.807) is 43.4 Å². The number of benzene rings is 3. The normalized spacial score (nSPS) is 11.0. The highest BCUT2D eigenvalue weighted by Gasteiger charge is 2.15. The molecule has 5 nitrogen and oxygen atoms in total. The van der Waals surface area contributed by atoms with Crippen molar-refractivity contribution in [2.45, 2.75) is 6.54 Å². The number of pyridine rings is 1. The van der Waals surface area contributed by atoms with Gasteiger partial charge in [-0.2, -0.15) is 0 Å². The zero-order valence-corrected chi connectivity index (χ0v) is 16.9. The number of para-hydroxylation sites is 1. The van der Waals surface area contributed by atoms with Gasteiger partial charge in [0.15, 0.2) is 12.0 Å². The molecule has 0 bridgehead atoms. The fourth-order valence-electron chi connectivity index (χ4n) is 3.25. The van der Waals surface area contributed by atoms with Gasteiger partial charge in [0.25, 0.3) is 5.91 Å². The van der Waals surface area contributed by atoms with Gasteiger partial charge in [0.2, 0.25) is 0 Å². The highest BCUT2D eigenvalue weighted by molar-refractivity contribution is 6.31. The molecule has 1 aromatic heterocycles. The number of nitrogens with one attached hydrogen (secondary N) is 1. The highest BCUT2D eigenvalue weighted by Crippen LogP contribution is 2.22. The first-order valence-corrected chi connectivity index (χ1v) is 9.66. The topological polar surface area (TPSA) is 62.4 Å². The number of ether oxygens (including phenoxy) is 1. The summed E-state index contributed by atoms with van der Waals surface area (Å²) in [7, 11) is 1.55. The first kappa shape index (κ1) is 19.9. The lowest BCUT2D eigenvalue weighted by atomic mass is 10.1. The molecular formula is C23H18ClFN2O3. The molecule has 0 aliphatic heterocycles. The molecule has 0 atom stereocenters. The van der Waals surface area contributed by atoms with Gasteiger partial charge in [-0.25, -0.2) is 4.39 Å². The van der Waals surface area contributed by atoms with Crippen LogP contribution in [-0.4, -0.2) is 29.4 Å². The lowest BCUT2D eigenvalue weighted by Gasteiger charge is -2.18. The van der Waals surface area contributed by atoms with Crippen molar-refractivity contribution in [3.8, 4) is 5.75 Å². The summed E-state index contributed by atoms with van der Waals surface area (Å²) in [6.45, 7) is -0.226. The Morgan fingerprint density at radius 2 is 1.83 bits per heavy atom. The lowest BCUT2D eigenvalue weighted by molar-refractivity contribution is -0.132. The number of likely N-dealkylation sites (N-methyl/N-ethyl adjacent to an activating group) is 1. The fourth-order valence-corrected chi connectivity index (χ4v) is 3.48. The number of hydrogen-bond donors (Lipinski definition) is 1. The molecule has 1 amide bonds. The number of nitrogens with zero attached hydrogens (tertiary/aromatic N) is 1. The van der Waals surface area contributed by atoms with E-state index < -0.39 is 5.82 Å². The molecule has 0 saturated carbocycles. The Morgan fingerprint density at radius 1 is 1.07 bits per heavy atom. The van der Waals surface area contributed by atoms with Gasteiger partial charge in [0.05, 0.1) is 5.52 Å². The highest BCUT2D eigenvalue weighted by atomic mass is 35.5. The van der Waals surface area contributed by atoms with Crippen molar-refractivity contribution in [3.63, 3.8) is 0 Å². The summed E-state index contributed by atoms with van der Waals surface area (Å²) in [4.78, 5) is 29.7. The molecule has 152 valence electrons. The molecule has 0 radical (unpaired) electrons. The lowest BCUT2D eigenvalue weighted by Crippen LogP contribution is -2.31. The smallest absolute Gasteiger partial charge is 0.260 e. The molecule has 7 heteroatoms. The predicted octanol–water partition coefficient (Wildman–Crippen LogP) is 4.51. The number of halogens is 2. The van der Waals surface area contributed by atoms with E-state index in [0.29, 0.717) is 22.0 Å². The van der Waals surface area contributed by atoms with E-state index in [-0.39, 0.29) is 35.1 Å². The Bertz CT molecular complexity index is 1300. The van der Waals surface area contributed by atoms with E-state index in [2.05, 4.69) is 4.98 Å². The summed E-state index contributed by atoms with van der Waals surface area (Å²) in [6.07, 6.45) is 0. The first-order valence-electron chi connectivity index (χ1n) is 9.28. The SMILES string of the molecule is CN(Cc1c(F)cccc1Cl)C(=O)COc1ccc2[nH]c3ccccc3c(=O)c2c1. The van der Waals surface area contributed by atoms with Crippen molar-refractivity contribution in [1.29, 1.82) is 0 Å². The van der Waals surface area contributed by atoms with Gasteiger partial charge in [0, 0.05) is 40.5 Å². The molecular weight excluding hydrogens is 407 g/mol. The van der Waals surface area contributed by atoms with E-state index in [0.717, 1.165) is 5.52 Å². The number of aromatic amines is 1. The predicted molar refractivity (Wildman–Crippen MR) is 115 cm³/mol. The molecule has 1 N–H and O–H groups in total. The molecule has 0 spiro atoms. The van der Waals surface area contributed by atoms with E-state index in [1.807, 2.05) is 12.1 Å². The number of amides is 1. The maximum atomic E-state index is 13.9. The van der Waals surface area contributed by atoms with Crippen molar-refractivity contribution in [2.75, 3.05) is 13.7 Å². The Hall–Kier alpha value is -3.38. The Morgan fingerprint density at radius 3 is 2.63 bits per heavy atom.